The van der Waals surface area contributed by atoms with Crippen LogP contribution in [-0.2, 0) is 0 Å². The zero-order chi connectivity index (χ0) is 8.10. The molecule has 0 bridgehead atoms. The van der Waals surface area contributed by atoms with E-state index < -0.39 is 0 Å². The zero-order valence-corrected chi connectivity index (χ0v) is 6.62. The first-order chi connectivity index (χ1) is 5.34. The number of rotatable bonds is 3. The van der Waals surface area contributed by atoms with Gasteiger partial charge in [0.25, 0.3) is 0 Å². The minimum absolute atomic E-state index is 0. The van der Waals surface area contributed by atoms with E-state index in [1.54, 1.807) is 0 Å². The van der Waals surface area contributed by atoms with E-state index in [1.807, 2.05) is 37.4 Å². The van der Waals surface area contributed by atoms with E-state index in [-0.39, 0.29) is 7.53 Å². The van der Waals surface area contributed by atoms with Gasteiger partial charge in [0, 0.05) is 7.97 Å². The molecule has 2 N–H and O–H groups in total. The summed E-state index contributed by atoms with van der Waals surface area (Å²) < 4.78 is 0. The molecule has 0 amide bonds. The molecule has 0 saturated heterocycles. The lowest BCUT2D eigenvalue weighted by Gasteiger charge is -2.08. The van der Waals surface area contributed by atoms with Crippen molar-refractivity contribution in [3.05, 3.63) is 35.9 Å². The predicted octanol–water partition coefficient (Wildman–Crippen LogP) is 1.19. The van der Waals surface area contributed by atoms with Crippen LogP contribution in [0.3, 0.4) is 0 Å². The lowest BCUT2D eigenvalue weighted by atomic mass is 10.1. The fourth-order valence-corrected chi connectivity index (χ4v) is 0.986. The number of nitrogens with one attached hydrogen (secondary N) is 1. The SMILES string of the molecule is CNCC(O)c1ccccc1.[HH]. The van der Waals surface area contributed by atoms with Crippen molar-refractivity contribution in [2.45, 2.75) is 6.10 Å². The van der Waals surface area contributed by atoms with Gasteiger partial charge < -0.3 is 10.4 Å². The highest BCUT2D eigenvalue weighted by Gasteiger charge is 2.03. The molecule has 62 valence electrons. The van der Waals surface area contributed by atoms with Crippen molar-refractivity contribution in [1.82, 2.24) is 5.32 Å². The third kappa shape index (κ3) is 2.33. The van der Waals surface area contributed by atoms with Gasteiger partial charge in [-0.25, -0.2) is 0 Å². The Morgan fingerprint density at radius 2 is 2.09 bits per heavy atom. The standard InChI is InChI=1S/C9H13NO.H2/c1-10-7-9(11)8-5-3-2-4-6-8;/h2-6,9-11H,7H2,1H3;1H. The first-order valence-electron chi connectivity index (χ1n) is 3.72. The normalized spacial score (nSPS) is 12.9. The molecule has 0 radical (unpaired) electrons. The van der Waals surface area contributed by atoms with Crippen molar-refractivity contribution < 1.29 is 6.53 Å². The number of hydrogen-bond donors (Lipinski definition) is 2. The van der Waals surface area contributed by atoms with E-state index in [2.05, 4.69) is 5.32 Å². The first kappa shape index (κ1) is 8.24. The van der Waals surface area contributed by atoms with E-state index in [4.69, 9.17) is 0 Å². The quantitative estimate of drug-likeness (QED) is 0.683. The summed E-state index contributed by atoms with van der Waals surface area (Å²) in [5.41, 5.74) is 0.960. The molecule has 1 atom stereocenters. The fraction of sp³-hybridized carbons (Fsp3) is 0.333. The van der Waals surface area contributed by atoms with Crippen LogP contribution < -0.4 is 5.32 Å². The van der Waals surface area contributed by atoms with E-state index in [9.17, 15) is 5.11 Å². The maximum Gasteiger partial charge on any atom is 0.0914 e. The van der Waals surface area contributed by atoms with Gasteiger partial charge >= 0.3 is 0 Å². The molecule has 0 aromatic heterocycles. The van der Waals surface area contributed by atoms with E-state index >= 15 is 0 Å². The number of aliphatic hydroxyl groups excluding tert-OH is 1. The summed E-state index contributed by atoms with van der Waals surface area (Å²) in [4.78, 5) is 0. The molecule has 0 aliphatic rings. The Balaban J connectivity index is 0.00000121. The average molecular weight is 153 g/mol. The molecule has 0 heterocycles. The first-order valence-corrected chi connectivity index (χ1v) is 3.72. The van der Waals surface area contributed by atoms with Crippen LogP contribution in [0.5, 0.6) is 0 Å². The number of likely N-dealkylation sites (N-methyl/N-ethyl adjacent to an activating group) is 1. The van der Waals surface area contributed by atoms with Crippen molar-refractivity contribution in [2.24, 2.45) is 0 Å². The van der Waals surface area contributed by atoms with Crippen LogP contribution in [0.4, 0.5) is 0 Å². The highest BCUT2D eigenvalue weighted by atomic mass is 16.3. The fourth-order valence-electron chi connectivity index (χ4n) is 0.986. The van der Waals surface area contributed by atoms with Gasteiger partial charge in [-0.2, -0.15) is 0 Å². The van der Waals surface area contributed by atoms with Crippen LogP contribution >= 0.6 is 0 Å². The molecule has 1 aromatic rings. The zero-order valence-electron chi connectivity index (χ0n) is 6.62. The van der Waals surface area contributed by atoms with Gasteiger partial charge in [0.1, 0.15) is 0 Å². The summed E-state index contributed by atoms with van der Waals surface area (Å²) in [7, 11) is 1.83. The predicted molar refractivity (Wildman–Crippen MR) is 47.4 cm³/mol. The Hall–Kier alpha value is -0.860. The third-order valence-electron chi connectivity index (χ3n) is 1.58. The maximum atomic E-state index is 9.46. The summed E-state index contributed by atoms with van der Waals surface area (Å²) in [6.07, 6.45) is -0.388. The molecule has 0 spiro atoms. The lowest BCUT2D eigenvalue weighted by Crippen LogP contribution is -2.16. The number of benzene rings is 1. The second-order valence-electron chi connectivity index (χ2n) is 2.48. The van der Waals surface area contributed by atoms with Gasteiger partial charge in [-0.3, -0.25) is 0 Å². The topological polar surface area (TPSA) is 32.3 Å². The van der Waals surface area contributed by atoms with E-state index in [0.29, 0.717) is 6.54 Å². The summed E-state index contributed by atoms with van der Waals surface area (Å²) in [5.74, 6) is 0. The Labute approximate surface area is 68.4 Å². The van der Waals surface area contributed by atoms with Crippen LogP contribution in [-0.4, -0.2) is 18.7 Å². The van der Waals surface area contributed by atoms with Crippen LogP contribution in [0, 0.1) is 0 Å². The van der Waals surface area contributed by atoms with E-state index in [0.717, 1.165) is 5.56 Å². The molecule has 11 heavy (non-hydrogen) atoms. The summed E-state index contributed by atoms with van der Waals surface area (Å²) in [6.45, 7) is 0.601. The largest absolute Gasteiger partial charge is 0.387 e. The molecule has 0 saturated carbocycles. The van der Waals surface area contributed by atoms with Crippen molar-refractivity contribution in [3.63, 3.8) is 0 Å². The molecule has 1 aromatic carbocycles. The molecular weight excluding hydrogens is 138 g/mol. The average Bonchev–Trinajstić information content (AvgIpc) is 2.07. The van der Waals surface area contributed by atoms with Crippen LogP contribution in [0.1, 0.15) is 13.1 Å². The van der Waals surface area contributed by atoms with Gasteiger partial charge in [-0.05, 0) is 12.6 Å². The van der Waals surface area contributed by atoms with Crippen LogP contribution in [0.2, 0.25) is 0 Å². The second kappa shape index (κ2) is 4.11. The molecule has 0 aliphatic heterocycles. The smallest absolute Gasteiger partial charge is 0.0914 e. The van der Waals surface area contributed by atoms with Gasteiger partial charge in [0.2, 0.25) is 0 Å². The van der Waals surface area contributed by atoms with Crippen molar-refractivity contribution in [3.8, 4) is 0 Å². The molecule has 0 fully saturated rings. The summed E-state index contributed by atoms with van der Waals surface area (Å²) in [6, 6.07) is 9.63. The van der Waals surface area contributed by atoms with Gasteiger partial charge in [-0.1, -0.05) is 30.3 Å². The van der Waals surface area contributed by atoms with Crippen molar-refractivity contribution in [1.29, 1.82) is 0 Å². The number of hydrogen-bond acceptors (Lipinski definition) is 2. The minimum Gasteiger partial charge on any atom is -0.387 e. The van der Waals surface area contributed by atoms with Crippen LogP contribution in [0.15, 0.2) is 30.3 Å². The Kier molecular flexibility index (Phi) is 3.08. The Bertz CT molecular complexity index is 203. The summed E-state index contributed by atoms with van der Waals surface area (Å²) >= 11 is 0. The van der Waals surface area contributed by atoms with Gasteiger partial charge in [0.05, 0.1) is 6.10 Å². The van der Waals surface area contributed by atoms with Crippen molar-refractivity contribution in [2.75, 3.05) is 13.6 Å². The van der Waals surface area contributed by atoms with Gasteiger partial charge in [0.15, 0.2) is 0 Å². The molecule has 2 heteroatoms. The number of aliphatic hydroxyl groups is 1. The lowest BCUT2D eigenvalue weighted by molar-refractivity contribution is 0.178. The van der Waals surface area contributed by atoms with E-state index in [1.165, 1.54) is 0 Å². The van der Waals surface area contributed by atoms with Crippen LogP contribution in [0.25, 0.3) is 0 Å². The maximum absolute atomic E-state index is 9.46. The molecular formula is C9H15NO. The highest BCUT2D eigenvalue weighted by molar-refractivity contribution is 5.17. The molecule has 0 aliphatic carbocycles. The minimum atomic E-state index is -0.388. The van der Waals surface area contributed by atoms with Gasteiger partial charge in [-0.15, -0.1) is 0 Å². The second-order valence-corrected chi connectivity index (χ2v) is 2.48. The van der Waals surface area contributed by atoms with Crippen molar-refractivity contribution >= 4 is 0 Å². The summed E-state index contributed by atoms with van der Waals surface area (Å²) in [5, 5.41) is 12.4. The molecule has 1 rings (SSSR count). The Morgan fingerprint density at radius 1 is 1.45 bits per heavy atom. The highest BCUT2D eigenvalue weighted by Crippen LogP contribution is 2.09. The third-order valence-corrected chi connectivity index (χ3v) is 1.58. The molecule has 2 nitrogen and oxygen atoms in total. The monoisotopic (exact) mass is 153 g/mol. The molecule has 1 unspecified atom stereocenters. The Morgan fingerprint density at radius 3 is 2.64 bits per heavy atom.